The van der Waals surface area contributed by atoms with Gasteiger partial charge in [0, 0.05) is 23.1 Å². The van der Waals surface area contributed by atoms with Gasteiger partial charge >= 0.3 is 5.71 Å². The molecule has 1 unspecified atom stereocenters. The number of hydrogen-bond acceptors (Lipinski definition) is 5. The molecule has 2 aromatic rings. The summed E-state index contributed by atoms with van der Waals surface area (Å²) in [6.45, 7) is 1.81. The highest BCUT2D eigenvalue weighted by Gasteiger charge is 2.25. The van der Waals surface area contributed by atoms with Crippen molar-refractivity contribution in [1.29, 1.82) is 0 Å². The van der Waals surface area contributed by atoms with Crippen molar-refractivity contribution in [3.05, 3.63) is 52.6 Å². The Hall–Kier alpha value is -2.52. The lowest BCUT2D eigenvalue weighted by Gasteiger charge is -2.25. The lowest BCUT2D eigenvalue weighted by atomic mass is 9.86. The van der Waals surface area contributed by atoms with Gasteiger partial charge in [0.05, 0.1) is 0 Å². The standard InChI is InChI=1S/C21H19O5P/c1-27-21(24)26-11-19(23)13-5-6-15-14(7-13)10-25-20-9-16-12(8-17(15)20)3-2-4-18(16)22/h5-9,27H,2-4,10-11H2,1H3. The first kappa shape index (κ1) is 17.9. The summed E-state index contributed by atoms with van der Waals surface area (Å²) < 4.78 is 10.8. The van der Waals surface area contributed by atoms with Crippen LogP contribution >= 0.6 is 8.58 Å². The van der Waals surface area contributed by atoms with Crippen LogP contribution in [0.3, 0.4) is 0 Å². The molecule has 1 heterocycles. The van der Waals surface area contributed by atoms with E-state index >= 15 is 0 Å². The fourth-order valence-corrected chi connectivity index (χ4v) is 3.80. The van der Waals surface area contributed by atoms with E-state index in [0.717, 1.165) is 40.7 Å². The van der Waals surface area contributed by atoms with Gasteiger partial charge in [-0.1, -0.05) is 12.1 Å². The Kier molecular flexibility index (Phi) is 4.79. The van der Waals surface area contributed by atoms with Crippen molar-refractivity contribution in [1.82, 2.24) is 0 Å². The highest BCUT2D eigenvalue weighted by Crippen LogP contribution is 2.41. The number of benzene rings is 2. The van der Waals surface area contributed by atoms with Crippen LogP contribution in [0.25, 0.3) is 11.1 Å². The van der Waals surface area contributed by atoms with E-state index in [0.29, 0.717) is 24.3 Å². The molecular formula is C21H19O5P. The van der Waals surface area contributed by atoms with Crippen molar-refractivity contribution in [2.24, 2.45) is 0 Å². The van der Waals surface area contributed by atoms with E-state index in [1.807, 2.05) is 18.2 Å². The number of aryl methyl sites for hydroxylation is 1. The van der Waals surface area contributed by atoms with Gasteiger partial charge in [-0.3, -0.25) is 9.59 Å². The Bertz CT molecular complexity index is 963. The maximum absolute atomic E-state index is 12.3. The van der Waals surface area contributed by atoms with E-state index in [1.165, 1.54) is 0 Å². The first-order valence-electron chi connectivity index (χ1n) is 8.90. The van der Waals surface area contributed by atoms with Crippen LogP contribution in [0, 0.1) is 0 Å². The minimum Gasteiger partial charge on any atom is -0.488 e. The fourth-order valence-electron chi connectivity index (χ4n) is 3.59. The minimum atomic E-state index is -0.363. The average Bonchev–Trinajstić information content (AvgIpc) is 2.70. The summed E-state index contributed by atoms with van der Waals surface area (Å²) in [5.41, 5.74) is 4.86. The van der Waals surface area contributed by atoms with Crippen LogP contribution in [0.5, 0.6) is 5.75 Å². The highest BCUT2D eigenvalue weighted by atomic mass is 31.1. The molecule has 5 nitrogen and oxygen atoms in total. The second-order valence-electron chi connectivity index (χ2n) is 6.69. The summed E-state index contributed by atoms with van der Waals surface area (Å²) in [4.78, 5) is 35.7. The van der Waals surface area contributed by atoms with Gasteiger partial charge in [-0.15, -0.1) is 0 Å². The van der Waals surface area contributed by atoms with Gasteiger partial charge in [-0.25, -0.2) is 4.79 Å². The second-order valence-corrected chi connectivity index (χ2v) is 7.60. The number of ketones is 2. The zero-order valence-corrected chi connectivity index (χ0v) is 16.0. The van der Waals surface area contributed by atoms with Crippen LogP contribution in [-0.4, -0.2) is 30.5 Å². The van der Waals surface area contributed by atoms with Crippen LogP contribution in [0.1, 0.15) is 44.7 Å². The Morgan fingerprint density at radius 3 is 2.74 bits per heavy atom. The van der Waals surface area contributed by atoms with E-state index in [9.17, 15) is 14.4 Å². The van der Waals surface area contributed by atoms with Crippen LogP contribution in [-0.2, 0) is 17.8 Å². The molecule has 0 saturated carbocycles. The summed E-state index contributed by atoms with van der Waals surface area (Å²) in [5, 5.41) is 0. The summed E-state index contributed by atoms with van der Waals surface area (Å²) in [6, 6.07) is 9.37. The molecule has 1 atom stereocenters. The molecule has 2 aromatic carbocycles. The normalized spacial score (nSPS) is 14.9. The SMILES string of the molecule is CPC(=O)OCC(=O)c1ccc2c(c1)COc1cc3c(cc1-2)CCCC3=O. The largest absolute Gasteiger partial charge is 0.488 e. The molecular weight excluding hydrogens is 363 g/mol. The smallest absolute Gasteiger partial charge is 0.323 e. The maximum Gasteiger partial charge on any atom is 0.323 e. The monoisotopic (exact) mass is 382 g/mol. The third-order valence-electron chi connectivity index (χ3n) is 4.99. The van der Waals surface area contributed by atoms with Crippen molar-refractivity contribution >= 4 is 25.9 Å². The van der Waals surface area contributed by atoms with E-state index in [1.54, 1.807) is 18.8 Å². The fraction of sp³-hybridized carbons (Fsp3) is 0.286. The number of fused-ring (bicyclic) bond motifs is 4. The van der Waals surface area contributed by atoms with Gasteiger partial charge in [0.15, 0.2) is 18.2 Å². The number of carbonyl (C=O) groups excluding carboxylic acids is 3. The molecule has 27 heavy (non-hydrogen) atoms. The molecule has 0 saturated heterocycles. The average molecular weight is 382 g/mol. The third kappa shape index (κ3) is 3.40. The van der Waals surface area contributed by atoms with Gasteiger partial charge in [0.2, 0.25) is 0 Å². The molecule has 4 rings (SSSR count). The van der Waals surface area contributed by atoms with Gasteiger partial charge in [-0.2, -0.15) is 0 Å². The Balaban J connectivity index is 1.64. The summed E-state index contributed by atoms with van der Waals surface area (Å²) in [5.74, 6) is 0.663. The molecule has 0 amide bonds. The zero-order chi connectivity index (χ0) is 19.0. The molecule has 1 aliphatic heterocycles. The molecule has 138 valence electrons. The van der Waals surface area contributed by atoms with Crippen LogP contribution in [0.15, 0.2) is 30.3 Å². The minimum absolute atomic E-state index is 0.0162. The predicted octanol–water partition coefficient (Wildman–Crippen LogP) is 4.39. The Labute approximate surface area is 158 Å². The van der Waals surface area contributed by atoms with Crippen molar-refractivity contribution in [3.8, 4) is 16.9 Å². The molecule has 0 spiro atoms. The van der Waals surface area contributed by atoms with Crippen molar-refractivity contribution in [2.45, 2.75) is 25.9 Å². The first-order valence-corrected chi connectivity index (χ1v) is 10.4. The van der Waals surface area contributed by atoms with Crippen molar-refractivity contribution in [3.63, 3.8) is 0 Å². The molecule has 1 aliphatic carbocycles. The van der Waals surface area contributed by atoms with Gasteiger partial charge in [0.25, 0.3) is 0 Å². The number of rotatable bonds is 4. The Morgan fingerprint density at radius 2 is 1.93 bits per heavy atom. The number of hydrogen-bond donors (Lipinski definition) is 0. The van der Waals surface area contributed by atoms with Crippen molar-refractivity contribution in [2.75, 3.05) is 13.3 Å². The summed E-state index contributed by atoms with van der Waals surface area (Å²) in [6.07, 6.45) is 2.36. The molecule has 0 radical (unpaired) electrons. The third-order valence-corrected chi connectivity index (χ3v) is 5.55. The van der Waals surface area contributed by atoms with Gasteiger partial charge < -0.3 is 9.47 Å². The molecule has 0 fully saturated rings. The lowest BCUT2D eigenvalue weighted by Crippen LogP contribution is -2.15. The van der Waals surface area contributed by atoms with E-state index in [4.69, 9.17) is 9.47 Å². The maximum atomic E-state index is 12.3. The first-order chi connectivity index (χ1) is 13.1. The topological polar surface area (TPSA) is 69.7 Å². The van der Waals surface area contributed by atoms with Gasteiger partial charge in [0.1, 0.15) is 12.4 Å². The van der Waals surface area contributed by atoms with Crippen molar-refractivity contribution < 1.29 is 23.9 Å². The van der Waals surface area contributed by atoms with Crippen LogP contribution in [0.2, 0.25) is 0 Å². The Morgan fingerprint density at radius 1 is 1.07 bits per heavy atom. The summed E-state index contributed by atoms with van der Waals surface area (Å²) >= 11 is 0. The van der Waals surface area contributed by atoms with E-state index < -0.39 is 0 Å². The van der Waals surface area contributed by atoms with Crippen LogP contribution in [0.4, 0.5) is 4.79 Å². The summed E-state index contributed by atoms with van der Waals surface area (Å²) in [7, 11) is 0.0162. The number of carbonyl (C=O) groups is 3. The quantitative estimate of drug-likeness (QED) is 0.579. The molecule has 0 aromatic heterocycles. The number of Topliss-reactive ketones (excluding diaryl/α,β-unsaturated/α-hetero) is 2. The van der Waals surface area contributed by atoms with Crippen LogP contribution < -0.4 is 4.74 Å². The number of ether oxygens (including phenoxy) is 2. The highest BCUT2D eigenvalue weighted by molar-refractivity contribution is 7.56. The van der Waals surface area contributed by atoms with Gasteiger partial charge in [-0.05, 0) is 63.0 Å². The zero-order valence-electron chi connectivity index (χ0n) is 15.0. The molecule has 6 heteroatoms. The molecule has 0 N–H and O–H groups in total. The lowest BCUT2D eigenvalue weighted by molar-refractivity contribution is 0.0876. The second kappa shape index (κ2) is 7.24. The van der Waals surface area contributed by atoms with E-state index in [2.05, 4.69) is 0 Å². The molecule has 0 bridgehead atoms. The molecule has 2 aliphatic rings. The predicted molar refractivity (Wildman–Crippen MR) is 103 cm³/mol. The van der Waals surface area contributed by atoms with E-state index in [-0.39, 0.29) is 32.5 Å².